The Balaban J connectivity index is 2.20. The van der Waals surface area contributed by atoms with Gasteiger partial charge in [-0.15, -0.1) is 0 Å². The highest BCUT2D eigenvalue weighted by atomic mass is 19.3. The third-order valence-electron chi connectivity index (χ3n) is 3.27. The lowest BCUT2D eigenvalue weighted by Crippen LogP contribution is -2.31. The second kappa shape index (κ2) is 4.91. The Morgan fingerprint density at radius 3 is 2.69 bits per heavy atom. The third-order valence-corrected chi connectivity index (χ3v) is 3.27. The first-order valence-corrected chi connectivity index (χ1v) is 5.82. The molecule has 0 spiro atoms. The van der Waals surface area contributed by atoms with E-state index >= 15 is 0 Å². The number of fused-ring (bicyclic) bond motifs is 1. The Bertz CT molecular complexity index is 363. The van der Waals surface area contributed by atoms with Gasteiger partial charge in [-0.25, -0.2) is 8.78 Å². The molecule has 0 radical (unpaired) electrons. The number of halogens is 2. The van der Waals surface area contributed by atoms with Crippen LogP contribution in [0.3, 0.4) is 0 Å². The summed E-state index contributed by atoms with van der Waals surface area (Å²) in [4.78, 5) is 0. The highest BCUT2D eigenvalue weighted by Crippen LogP contribution is 2.25. The monoisotopic (exact) mass is 225 g/mol. The van der Waals surface area contributed by atoms with Crippen LogP contribution < -0.4 is 5.73 Å². The summed E-state index contributed by atoms with van der Waals surface area (Å²) in [6, 6.07) is 4.96. The molecule has 1 atom stereocenters. The normalized spacial score (nSPS) is 17.2. The van der Waals surface area contributed by atoms with Crippen molar-refractivity contribution in [1.29, 1.82) is 0 Å². The van der Waals surface area contributed by atoms with Gasteiger partial charge in [-0.2, -0.15) is 0 Å². The van der Waals surface area contributed by atoms with Crippen molar-refractivity contribution in [2.75, 3.05) is 0 Å². The second-order valence-corrected chi connectivity index (χ2v) is 4.46. The number of nitrogens with two attached hydrogens (primary N) is 1. The fourth-order valence-corrected chi connectivity index (χ4v) is 2.39. The predicted octanol–water partition coefficient (Wildman–Crippen LogP) is 2.70. The maximum absolute atomic E-state index is 12.4. The molecular formula is C13H17F2N. The zero-order valence-corrected chi connectivity index (χ0v) is 9.26. The summed E-state index contributed by atoms with van der Waals surface area (Å²) in [5, 5.41) is 0. The van der Waals surface area contributed by atoms with Crippen LogP contribution in [0.15, 0.2) is 18.2 Å². The van der Waals surface area contributed by atoms with Crippen molar-refractivity contribution in [3.8, 4) is 0 Å². The van der Waals surface area contributed by atoms with Gasteiger partial charge in [0.25, 0.3) is 6.43 Å². The third kappa shape index (κ3) is 2.40. The van der Waals surface area contributed by atoms with Gasteiger partial charge in [0.2, 0.25) is 0 Å². The summed E-state index contributed by atoms with van der Waals surface area (Å²) in [6.45, 7) is 0. The number of hydrogen-bond donors (Lipinski definition) is 1. The Kier molecular flexibility index (Phi) is 3.54. The lowest BCUT2D eigenvalue weighted by Gasteiger charge is -2.21. The fraction of sp³-hybridized carbons (Fsp3) is 0.538. The Morgan fingerprint density at radius 1 is 1.19 bits per heavy atom. The molecule has 1 aromatic carbocycles. The quantitative estimate of drug-likeness (QED) is 0.841. The molecule has 2 N–H and O–H groups in total. The van der Waals surface area contributed by atoms with Gasteiger partial charge in [-0.05, 0) is 48.8 Å². The summed E-state index contributed by atoms with van der Waals surface area (Å²) in [6.07, 6.45) is 2.32. The van der Waals surface area contributed by atoms with Gasteiger partial charge in [-0.1, -0.05) is 18.2 Å². The largest absolute Gasteiger partial charge is 0.323 e. The van der Waals surface area contributed by atoms with Gasteiger partial charge >= 0.3 is 0 Å². The molecule has 3 heteroatoms. The molecule has 1 aromatic rings. The predicted molar refractivity (Wildman–Crippen MR) is 60.8 cm³/mol. The average molecular weight is 225 g/mol. The van der Waals surface area contributed by atoms with Crippen molar-refractivity contribution < 1.29 is 8.78 Å². The molecule has 16 heavy (non-hydrogen) atoms. The highest BCUT2D eigenvalue weighted by molar-refractivity contribution is 5.37. The Morgan fingerprint density at radius 2 is 1.94 bits per heavy atom. The van der Waals surface area contributed by atoms with E-state index in [1.165, 1.54) is 17.5 Å². The van der Waals surface area contributed by atoms with Crippen LogP contribution in [0.2, 0.25) is 0 Å². The number of benzene rings is 1. The minimum absolute atomic E-state index is 0.292. The highest BCUT2D eigenvalue weighted by Gasteiger charge is 2.19. The molecule has 0 aromatic heterocycles. The summed E-state index contributed by atoms with van der Waals surface area (Å²) < 4.78 is 24.8. The van der Waals surface area contributed by atoms with Crippen LogP contribution >= 0.6 is 0 Å². The molecule has 1 aliphatic carbocycles. The summed E-state index contributed by atoms with van der Waals surface area (Å²) in [5.74, 6) is 0. The first-order chi connectivity index (χ1) is 7.68. The van der Waals surface area contributed by atoms with E-state index < -0.39 is 12.5 Å². The zero-order chi connectivity index (χ0) is 11.5. The van der Waals surface area contributed by atoms with E-state index in [-0.39, 0.29) is 0 Å². The lowest BCUT2D eigenvalue weighted by molar-refractivity contribution is 0.116. The fourth-order valence-electron chi connectivity index (χ4n) is 2.39. The molecule has 88 valence electrons. The second-order valence-electron chi connectivity index (χ2n) is 4.46. The van der Waals surface area contributed by atoms with E-state index in [4.69, 9.17) is 5.73 Å². The van der Waals surface area contributed by atoms with Crippen molar-refractivity contribution in [3.05, 3.63) is 34.9 Å². The van der Waals surface area contributed by atoms with Crippen molar-refractivity contribution in [2.24, 2.45) is 5.73 Å². The average Bonchev–Trinajstić information content (AvgIpc) is 2.29. The van der Waals surface area contributed by atoms with Crippen LogP contribution in [0.5, 0.6) is 0 Å². The molecule has 0 saturated carbocycles. The van der Waals surface area contributed by atoms with Crippen molar-refractivity contribution in [2.45, 2.75) is 44.6 Å². The molecule has 1 unspecified atom stereocenters. The molecule has 0 bridgehead atoms. The topological polar surface area (TPSA) is 26.0 Å². The minimum atomic E-state index is -2.43. The first-order valence-electron chi connectivity index (χ1n) is 5.82. The molecule has 0 fully saturated rings. The van der Waals surface area contributed by atoms with Gasteiger partial charge in [0.05, 0.1) is 6.04 Å². The van der Waals surface area contributed by atoms with E-state index in [9.17, 15) is 8.78 Å². The van der Waals surface area contributed by atoms with Crippen LogP contribution in [-0.2, 0) is 19.3 Å². The molecule has 1 aliphatic rings. The summed E-state index contributed by atoms with van der Waals surface area (Å²) in [7, 11) is 0. The zero-order valence-electron chi connectivity index (χ0n) is 9.26. The molecule has 0 heterocycles. The minimum Gasteiger partial charge on any atom is -0.323 e. The van der Waals surface area contributed by atoms with Gasteiger partial charge in [-0.3, -0.25) is 0 Å². The van der Waals surface area contributed by atoms with Crippen LogP contribution in [0, 0.1) is 0 Å². The van der Waals surface area contributed by atoms with Crippen molar-refractivity contribution in [1.82, 2.24) is 0 Å². The maximum Gasteiger partial charge on any atom is 0.253 e. The van der Waals surface area contributed by atoms with Crippen LogP contribution in [0.25, 0.3) is 0 Å². The smallest absolute Gasteiger partial charge is 0.253 e. The molecular weight excluding hydrogens is 208 g/mol. The Labute approximate surface area is 94.7 Å². The standard InChI is InChI=1S/C13H17F2N/c14-13(15)12(16)8-10-6-3-5-9-4-1-2-7-11(9)10/h3,5-6,12-13H,1-2,4,7-8,16H2. The lowest BCUT2D eigenvalue weighted by atomic mass is 9.86. The van der Waals surface area contributed by atoms with Crippen molar-refractivity contribution in [3.63, 3.8) is 0 Å². The molecule has 2 rings (SSSR count). The van der Waals surface area contributed by atoms with E-state index in [1.54, 1.807) is 0 Å². The first kappa shape index (κ1) is 11.5. The molecule has 0 amide bonds. The summed E-state index contributed by atoms with van der Waals surface area (Å²) >= 11 is 0. The number of aryl methyl sites for hydroxylation is 1. The number of rotatable bonds is 3. The molecule has 0 saturated heterocycles. The number of alkyl halides is 2. The van der Waals surface area contributed by atoms with E-state index in [0.717, 1.165) is 24.8 Å². The van der Waals surface area contributed by atoms with Crippen molar-refractivity contribution >= 4 is 0 Å². The van der Waals surface area contributed by atoms with E-state index in [1.807, 2.05) is 12.1 Å². The maximum atomic E-state index is 12.4. The SMILES string of the molecule is NC(Cc1cccc2c1CCCC2)C(F)F. The van der Waals surface area contributed by atoms with Gasteiger partial charge in [0.15, 0.2) is 0 Å². The number of hydrogen-bond acceptors (Lipinski definition) is 1. The van der Waals surface area contributed by atoms with Crippen LogP contribution in [0.1, 0.15) is 29.5 Å². The Hall–Kier alpha value is -0.960. The van der Waals surface area contributed by atoms with Crippen LogP contribution in [-0.4, -0.2) is 12.5 Å². The van der Waals surface area contributed by atoms with E-state index in [2.05, 4.69) is 6.07 Å². The van der Waals surface area contributed by atoms with Gasteiger partial charge in [0, 0.05) is 0 Å². The summed E-state index contributed by atoms with van der Waals surface area (Å²) in [5.41, 5.74) is 9.04. The van der Waals surface area contributed by atoms with Gasteiger partial charge < -0.3 is 5.73 Å². The van der Waals surface area contributed by atoms with Crippen LogP contribution in [0.4, 0.5) is 8.78 Å². The van der Waals surface area contributed by atoms with Gasteiger partial charge in [0.1, 0.15) is 0 Å². The molecule has 0 aliphatic heterocycles. The molecule has 1 nitrogen and oxygen atoms in total. The van der Waals surface area contributed by atoms with E-state index in [0.29, 0.717) is 6.42 Å².